The molecule has 0 aromatic carbocycles. The number of nitrogens with zero attached hydrogens (tertiary/aromatic N) is 1. The van der Waals surface area contributed by atoms with Crippen LogP contribution in [0.1, 0.15) is 12.8 Å². The number of hydrogen-bond donors (Lipinski definition) is 1. The average molecular weight is 252 g/mol. The fourth-order valence-corrected chi connectivity index (χ4v) is 3.20. The molecule has 1 saturated carbocycles. The lowest BCUT2D eigenvalue weighted by Gasteiger charge is -2.31. The van der Waals surface area contributed by atoms with Gasteiger partial charge in [-0.15, -0.1) is 0 Å². The minimum atomic E-state index is -0.525. The van der Waals surface area contributed by atoms with E-state index in [0.717, 1.165) is 19.4 Å². The number of likely N-dealkylation sites (tertiary alicyclic amines) is 1. The van der Waals surface area contributed by atoms with Crippen LogP contribution in [0.2, 0.25) is 0 Å². The first-order valence-corrected chi connectivity index (χ1v) is 6.32. The van der Waals surface area contributed by atoms with E-state index in [9.17, 15) is 14.4 Å². The van der Waals surface area contributed by atoms with Crippen LogP contribution in [0.3, 0.4) is 0 Å². The highest BCUT2D eigenvalue weighted by molar-refractivity contribution is 6.13. The van der Waals surface area contributed by atoms with Crippen LogP contribution in [0, 0.1) is 17.8 Å². The number of fused-ring (bicyclic) bond motifs is 1. The number of nitrogens with one attached hydrogen (secondary N) is 1. The van der Waals surface area contributed by atoms with Crippen LogP contribution < -0.4 is 5.32 Å². The van der Waals surface area contributed by atoms with E-state index < -0.39 is 23.7 Å². The quantitative estimate of drug-likeness (QED) is 0.511. The molecule has 2 aliphatic heterocycles. The van der Waals surface area contributed by atoms with Crippen molar-refractivity contribution in [2.24, 2.45) is 17.8 Å². The van der Waals surface area contributed by atoms with Gasteiger partial charge in [-0.2, -0.15) is 0 Å². The van der Waals surface area contributed by atoms with Gasteiger partial charge in [0, 0.05) is 6.54 Å². The number of ether oxygens (including phenoxy) is 1. The molecule has 6 heteroatoms. The summed E-state index contributed by atoms with van der Waals surface area (Å²) in [6.45, 7) is 1.60. The Labute approximate surface area is 105 Å². The number of piperidine rings is 2. The zero-order valence-corrected chi connectivity index (χ0v) is 10.2. The molecular formula is C12H16N2O4. The number of esters is 1. The molecular weight excluding hydrogens is 236 g/mol. The van der Waals surface area contributed by atoms with E-state index in [1.54, 1.807) is 0 Å². The summed E-state index contributed by atoms with van der Waals surface area (Å²) in [6, 6.07) is -0.0372. The summed E-state index contributed by atoms with van der Waals surface area (Å²) in [7, 11) is 1.29. The smallest absolute Gasteiger partial charge is 0.310 e. The number of amides is 2. The summed E-state index contributed by atoms with van der Waals surface area (Å²) in [5.74, 6) is -2.24. The molecule has 0 spiro atoms. The zero-order chi connectivity index (χ0) is 12.9. The molecule has 0 radical (unpaired) electrons. The summed E-state index contributed by atoms with van der Waals surface area (Å²) in [5.41, 5.74) is 0. The number of carbonyl (C=O) groups excluding carboxylic acids is 3. The molecule has 3 aliphatic rings. The molecule has 0 aromatic heterocycles. The van der Waals surface area contributed by atoms with Crippen molar-refractivity contribution in [2.45, 2.75) is 18.9 Å². The van der Waals surface area contributed by atoms with E-state index >= 15 is 0 Å². The first kappa shape index (κ1) is 11.6. The molecule has 1 N–H and O–H groups in total. The van der Waals surface area contributed by atoms with E-state index in [1.165, 1.54) is 12.0 Å². The first-order chi connectivity index (χ1) is 8.66. The standard InChI is InChI=1S/C12H16N2O4/c1-18-12(17)9-7-8(9)11(16)14(10(7)15)6-3-2-4-13-5-6/h6-9,13H,2-5H2,1H3. The van der Waals surface area contributed by atoms with E-state index in [1.807, 2.05) is 0 Å². The Kier molecular flexibility index (Phi) is 2.62. The summed E-state index contributed by atoms with van der Waals surface area (Å²) >= 11 is 0. The molecule has 98 valence electrons. The molecule has 6 nitrogen and oxygen atoms in total. The van der Waals surface area contributed by atoms with Gasteiger partial charge in [0.2, 0.25) is 11.8 Å². The second-order valence-electron chi connectivity index (χ2n) is 5.15. The van der Waals surface area contributed by atoms with E-state index in [4.69, 9.17) is 0 Å². The number of carbonyl (C=O) groups is 3. The lowest BCUT2D eigenvalue weighted by Crippen LogP contribution is -2.50. The monoisotopic (exact) mass is 252 g/mol. The molecule has 18 heavy (non-hydrogen) atoms. The van der Waals surface area contributed by atoms with E-state index in [2.05, 4.69) is 10.1 Å². The largest absolute Gasteiger partial charge is 0.469 e. The van der Waals surface area contributed by atoms with E-state index in [0.29, 0.717) is 6.54 Å². The van der Waals surface area contributed by atoms with Crippen LogP contribution in [0.25, 0.3) is 0 Å². The predicted molar refractivity (Wildman–Crippen MR) is 60.2 cm³/mol. The van der Waals surface area contributed by atoms with Gasteiger partial charge in [0.05, 0.1) is 30.9 Å². The third-order valence-corrected chi connectivity index (χ3v) is 4.17. The SMILES string of the molecule is COC(=O)C1C2C(=O)N(C3CCCNC3)C(=O)C12. The number of imide groups is 1. The van der Waals surface area contributed by atoms with Crippen molar-refractivity contribution in [1.82, 2.24) is 10.2 Å². The minimum Gasteiger partial charge on any atom is -0.469 e. The molecule has 2 saturated heterocycles. The van der Waals surface area contributed by atoms with Crippen LogP contribution >= 0.6 is 0 Å². The van der Waals surface area contributed by atoms with Gasteiger partial charge in [0.15, 0.2) is 0 Å². The highest BCUT2D eigenvalue weighted by Gasteiger charge is 2.71. The van der Waals surface area contributed by atoms with Crippen molar-refractivity contribution in [3.05, 3.63) is 0 Å². The van der Waals surface area contributed by atoms with Gasteiger partial charge < -0.3 is 10.1 Å². The summed E-state index contributed by atoms with van der Waals surface area (Å²) < 4.78 is 4.61. The lowest BCUT2D eigenvalue weighted by molar-refractivity contribution is -0.152. The Morgan fingerprint density at radius 1 is 1.33 bits per heavy atom. The first-order valence-electron chi connectivity index (χ1n) is 6.32. The Morgan fingerprint density at radius 3 is 2.50 bits per heavy atom. The maximum Gasteiger partial charge on any atom is 0.310 e. The number of methoxy groups -OCH3 is 1. The molecule has 1 aliphatic carbocycles. The van der Waals surface area contributed by atoms with Crippen LogP contribution in [0.15, 0.2) is 0 Å². The van der Waals surface area contributed by atoms with Crippen molar-refractivity contribution < 1.29 is 19.1 Å². The lowest BCUT2D eigenvalue weighted by atomic mass is 10.1. The maximum absolute atomic E-state index is 12.2. The molecule has 3 unspecified atom stereocenters. The second kappa shape index (κ2) is 4.05. The highest BCUT2D eigenvalue weighted by atomic mass is 16.5. The van der Waals surface area contributed by atoms with Crippen LogP contribution in [-0.4, -0.2) is 48.9 Å². The van der Waals surface area contributed by atoms with Gasteiger partial charge in [0.1, 0.15) is 0 Å². The van der Waals surface area contributed by atoms with Gasteiger partial charge in [-0.05, 0) is 19.4 Å². The zero-order valence-electron chi connectivity index (χ0n) is 10.2. The van der Waals surface area contributed by atoms with Crippen molar-refractivity contribution >= 4 is 17.8 Å². The van der Waals surface area contributed by atoms with Crippen molar-refractivity contribution in [3.8, 4) is 0 Å². The van der Waals surface area contributed by atoms with Gasteiger partial charge in [-0.25, -0.2) is 0 Å². The maximum atomic E-state index is 12.2. The molecule has 2 heterocycles. The Morgan fingerprint density at radius 2 is 2.00 bits per heavy atom. The normalized spacial score (nSPS) is 38.6. The summed E-state index contributed by atoms with van der Waals surface area (Å²) in [4.78, 5) is 37.1. The third kappa shape index (κ3) is 1.48. The van der Waals surface area contributed by atoms with Crippen LogP contribution in [0.5, 0.6) is 0 Å². The molecule has 2 amide bonds. The van der Waals surface area contributed by atoms with Gasteiger partial charge in [-0.3, -0.25) is 19.3 Å². The van der Waals surface area contributed by atoms with E-state index in [-0.39, 0.29) is 17.9 Å². The molecule has 0 aromatic rings. The van der Waals surface area contributed by atoms with Gasteiger partial charge >= 0.3 is 5.97 Å². The van der Waals surface area contributed by atoms with Crippen molar-refractivity contribution in [1.29, 1.82) is 0 Å². The molecule has 3 fully saturated rings. The van der Waals surface area contributed by atoms with Gasteiger partial charge in [-0.1, -0.05) is 0 Å². The predicted octanol–water partition coefficient (Wildman–Crippen LogP) is -0.858. The third-order valence-electron chi connectivity index (χ3n) is 4.17. The molecule has 3 atom stereocenters. The van der Waals surface area contributed by atoms with Crippen molar-refractivity contribution in [3.63, 3.8) is 0 Å². The summed E-state index contributed by atoms with van der Waals surface area (Å²) in [5, 5.41) is 3.19. The fraction of sp³-hybridized carbons (Fsp3) is 0.750. The number of rotatable bonds is 2. The van der Waals surface area contributed by atoms with Crippen LogP contribution in [0.4, 0.5) is 0 Å². The fourth-order valence-electron chi connectivity index (χ4n) is 3.20. The topological polar surface area (TPSA) is 75.7 Å². The van der Waals surface area contributed by atoms with Crippen molar-refractivity contribution in [2.75, 3.05) is 20.2 Å². The molecule has 3 rings (SSSR count). The molecule has 0 bridgehead atoms. The Bertz CT molecular complexity index is 394. The van der Waals surface area contributed by atoms with Crippen LogP contribution in [-0.2, 0) is 19.1 Å². The number of hydrogen-bond acceptors (Lipinski definition) is 5. The average Bonchev–Trinajstić information content (AvgIpc) is 3.08. The second-order valence-corrected chi connectivity index (χ2v) is 5.15. The van der Waals surface area contributed by atoms with Gasteiger partial charge in [0.25, 0.3) is 0 Å². The minimum absolute atomic E-state index is 0.0372. The Hall–Kier alpha value is -1.43. The Balaban J connectivity index is 1.73. The summed E-state index contributed by atoms with van der Waals surface area (Å²) in [6.07, 6.45) is 1.82. The highest BCUT2D eigenvalue weighted by Crippen LogP contribution is 2.54.